The van der Waals surface area contributed by atoms with Crippen molar-refractivity contribution >= 4 is 40.2 Å². The lowest BCUT2D eigenvalue weighted by Crippen LogP contribution is -2.39. The number of hydrogen-bond donors (Lipinski definition) is 1. The first-order valence-electron chi connectivity index (χ1n) is 7.20. The molecule has 2 aromatic rings. The molecule has 0 saturated carbocycles. The van der Waals surface area contributed by atoms with E-state index in [1.807, 2.05) is 26.8 Å². The van der Waals surface area contributed by atoms with Gasteiger partial charge in [0.25, 0.3) is 0 Å². The Bertz CT molecular complexity index is 747. The van der Waals surface area contributed by atoms with Crippen LogP contribution in [-0.2, 0) is 17.7 Å². The zero-order valence-electron chi connectivity index (χ0n) is 12.7. The molecular formula is C16H18Cl2N2O2. The third kappa shape index (κ3) is 2.90. The van der Waals surface area contributed by atoms with Gasteiger partial charge in [0, 0.05) is 24.0 Å². The fourth-order valence-electron chi connectivity index (χ4n) is 2.83. The predicted molar refractivity (Wildman–Crippen MR) is 88.8 cm³/mol. The van der Waals surface area contributed by atoms with E-state index in [0.717, 1.165) is 23.0 Å². The largest absolute Gasteiger partial charge is 0.444 e. The lowest BCUT2D eigenvalue weighted by atomic mass is 10.2. The standard InChI is InChI=1S/C16H18Cl2N2O2/c1-16(2,3)22-15(21)19-10-7-11-6-9-4-5-12(17)13(18)14(9)20(11)8-10/h4-6,10H,7-8H2,1-3H3,(H,19,21). The molecule has 1 aliphatic heterocycles. The fourth-order valence-corrected chi connectivity index (χ4v) is 3.26. The van der Waals surface area contributed by atoms with Crippen LogP contribution in [0.5, 0.6) is 0 Å². The van der Waals surface area contributed by atoms with Gasteiger partial charge in [0.05, 0.1) is 21.6 Å². The van der Waals surface area contributed by atoms with Gasteiger partial charge in [0.1, 0.15) is 5.60 Å². The van der Waals surface area contributed by atoms with Crippen molar-refractivity contribution in [1.82, 2.24) is 9.88 Å². The van der Waals surface area contributed by atoms with E-state index in [4.69, 9.17) is 27.9 Å². The van der Waals surface area contributed by atoms with Gasteiger partial charge >= 0.3 is 6.09 Å². The summed E-state index contributed by atoms with van der Waals surface area (Å²) in [6.45, 7) is 6.21. The van der Waals surface area contributed by atoms with Crippen molar-refractivity contribution in [3.8, 4) is 0 Å². The van der Waals surface area contributed by atoms with E-state index in [2.05, 4.69) is 16.0 Å². The molecule has 1 N–H and O–H groups in total. The predicted octanol–water partition coefficient (Wildman–Crippen LogP) is 4.40. The Labute approximate surface area is 139 Å². The van der Waals surface area contributed by atoms with Gasteiger partial charge < -0.3 is 14.6 Å². The zero-order chi connectivity index (χ0) is 16.1. The summed E-state index contributed by atoms with van der Waals surface area (Å²) < 4.78 is 7.42. The molecule has 2 heterocycles. The van der Waals surface area contributed by atoms with Gasteiger partial charge in [0.2, 0.25) is 0 Å². The number of ether oxygens (including phenoxy) is 1. The van der Waals surface area contributed by atoms with Crippen LogP contribution >= 0.6 is 23.2 Å². The van der Waals surface area contributed by atoms with Crippen molar-refractivity contribution in [1.29, 1.82) is 0 Å². The van der Waals surface area contributed by atoms with Crippen molar-refractivity contribution in [2.24, 2.45) is 0 Å². The van der Waals surface area contributed by atoms with Gasteiger partial charge in [0.15, 0.2) is 0 Å². The monoisotopic (exact) mass is 340 g/mol. The molecule has 0 saturated heterocycles. The molecule has 1 amide bonds. The molecule has 0 bridgehead atoms. The minimum Gasteiger partial charge on any atom is -0.444 e. The third-order valence-corrected chi connectivity index (χ3v) is 4.41. The Morgan fingerprint density at radius 3 is 2.77 bits per heavy atom. The SMILES string of the molecule is CC(C)(C)OC(=O)NC1Cc2cc3ccc(Cl)c(Cl)c3n2C1. The van der Waals surface area contributed by atoms with Gasteiger partial charge in [-0.1, -0.05) is 29.3 Å². The highest BCUT2D eigenvalue weighted by Crippen LogP contribution is 2.35. The number of alkyl carbamates (subject to hydrolysis) is 1. The molecule has 0 radical (unpaired) electrons. The van der Waals surface area contributed by atoms with Gasteiger partial charge in [-0.15, -0.1) is 0 Å². The van der Waals surface area contributed by atoms with E-state index >= 15 is 0 Å². The Morgan fingerprint density at radius 1 is 1.36 bits per heavy atom. The van der Waals surface area contributed by atoms with Crippen molar-refractivity contribution in [2.45, 2.75) is 45.4 Å². The van der Waals surface area contributed by atoms with Crippen molar-refractivity contribution in [2.75, 3.05) is 0 Å². The summed E-state index contributed by atoms with van der Waals surface area (Å²) in [7, 11) is 0. The van der Waals surface area contributed by atoms with Gasteiger partial charge in [-0.3, -0.25) is 0 Å². The summed E-state index contributed by atoms with van der Waals surface area (Å²) in [5.41, 5.74) is 1.57. The number of aromatic nitrogens is 1. The second-order valence-electron chi connectivity index (χ2n) is 6.59. The lowest BCUT2D eigenvalue weighted by molar-refractivity contribution is 0.0504. The highest BCUT2D eigenvalue weighted by atomic mass is 35.5. The summed E-state index contributed by atoms with van der Waals surface area (Å²) in [4.78, 5) is 11.9. The van der Waals surface area contributed by atoms with Crippen LogP contribution in [-0.4, -0.2) is 22.3 Å². The number of carbonyl (C=O) groups is 1. The number of benzene rings is 1. The van der Waals surface area contributed by atoms with Gasteiger partial charge in [-0.2, -0.15) is 0 Å². The van der Waals surface area contributed by atoms with Crippen LogP contribution in [0.2, 0.25) is 10.0 Å². The van der Waals surface area contributed by atoms with Crippen LogP contribution in [0.3, 0.4) is 0 Å². The van der Waals surface area contributed by atoms with E-state index in [0.29, 0.717) is 16.6 Å². The average molecular weight is 341 g/mol. The molecule has 1 aromatic heterocycles. The summed E-state index contributed by atoms with van der Waals surface area (Å²) in [5, 5.41) is 5.08. The van der Waals surface area contributed by atoms with E-state index < -0.39 is 11.7 Å². The number of rotatable bonds is 1. The number of nitrogens with zero attached hydrogens (tertiary/aromatic N) is 1. The van der Waals surface area contributed by atoms with Gasteiger partial charge in [-0.05, 0) is 32.9 Å². The second-order valence-corrected chi connectivity index (χ2v) is 7.38. The molecule has 4 nitrogen and oxygen atoms in total. The number of fused-ring (bicyclic) bond motifs is 3. The molecule has 118 valence electrons. The maximum Gasteiger partial charge on any atom is 0.407 e. The van der Waals surface area contributed by atoms with E-state index in [9.17, 15) is 4.79 Å². The Kier molecular flexibility index (Phi) is 3.77. The number of halogens is 2. The van der Waals surface area contributed by atoms with Crippen LogP contribution in [0.25, 0.3) is 10.9 Å². The van der Waals surface area contributed by atoms with Crippen molar-refractivity contribution in [3.05, 3.63) is 33.9 Å². The smallest absolute Gasteiger partial charge is 0.407 e. The topological polar surface area (TPSA) is 43.3 Å². The highest BCUT2D eigenvalue weighted by Gasteiger charge is 2.27. The minimum absolute atomic E-state index is 0.00398. The summed E-state index contributed by atoms with van der Waals surface area (Å²) in [5.74, 6) is 0. The molecule has 0 fully saturated rings. The molecular weight excluding hydrogens is 323 g/mol. The number of nitrogens with one attached hydrogen (secondary N) is 1. The van der Waals surface area contributed by atoms with E-state index in [1.54, 1.807) is 6.07 Å². The number of hydrogen-bond acceptors (Lipinski definition) is 2. The maximum absolute atomic E-state index is 11.9. The zero-order valence-corrected chi connectivity index (χ0v) is 14.3. The number of carbonyl (C=O) groups excluding carboxylic acids is 1. The van der Waals surface area contributed by atoms with Gasteiger partial charge in [-0.25, -0.2) is 4.79 Å². The fraction of sp³-hybridized carbons (Fsp3) is 0.438. The molecule has 1 atom stereocenters. The highest BCUT2D eigenvalue weighted by molar-refractivity contribution is 6.45. The first-order chi connectivity index (χ1) is 10.2. The van der Waals surface area contributed by atoms with E-state index in [-0.39, 0.29) is 6.04 Å². The van der Waals surface area contributed by atoms with Crippen molar-refractivity contribution < 1.29 is 9.53 Å². The second kappa shape index (κ2) is 5.36. The number of amides is 1. The van der Waals surface area contributed by atoms with E-state index in [1.165, 1.54) is 0 Å². The summed E-state index contributed by atoms with van der Waals surface area (Å²) in [6, 6.07) is 5.86. The molecule has 0 spiro atoms. The Morgan fingerprint density at radius 2 is 2.09 bits per heavy atom. The minimum atomic E-state index is -0.498. The van der Waals surface area contributed by atoms with Crippen LogP contribution < -0.4 is 5.32 Å². The molecule has 22 heavy (non-hydrogen) atoms. The van der Waals surface area contributed by atoms with Crippen molar-refractivity contribution in [3.63, 3.8) is 0 Å². The Hall–Kier alpha value is -1.39. The average Bonchev–Trinajstić information content (AvgIpc) is 2.88. The normalized spacial score (nSPS) is 17.6. The first kappa shape index (κ1) is 15.5. The molecule has 1 aliphatic rings. The van der Waals surface area contributed by atoms with Crippen LogP contribution in [0.1, 0.15) is 26.5 Å². The quantitative estimate of drug-likeness (QED) is 0.836. The lowest BCUT2D eigenvalue weighted by Gasteiger charge is -2.21. The van der Waals surface area contributed by atoms with Crippen LogP contribution in [0.15, 0.2) is 18.2 Å². The molecule has 1 aromatic carbocycles. The third-order valence-electron chi connectivity index (χ3n) is 3.62. The first-order valence-corrected chi connectivity index (χ1v) is 7.96. The van der Waals surface area contributed by atoms with Crippen LogP contribution in [0, 0.1) is 0 Å². The van der Waals surface area contributed by atoms with Crippen LogP contribution in [0.4, 0.5) is 4.79 Å². The summed E-state index contributed by atoms with van der Waals surface area (Å²) in [6.07, 6.45) is 0.360. The Balaban J connectivity index is 1.79. The maximum atomic E-state index is 11.9. The summed E-state index contributed by atoms with van der Waals surface area (Å²) >= 11 is 12.4. The molecule has 6 heteroatoms. The molecule has 1 unspecified atom stereocenters. The molecule has 3 rings (SSSR count). The molecule has 0 aliphatic carbocycles.